The number of hydrogen-bond acceptors (Lipinski definition) is 8. The van der Waals surface area contributed by atoms with Crippen LogP contribution in [0.1, 0.15) is 18.9 Å². The van der Waals surface area contributed by atoms with Crippen molar-refractivity contribution in [2.75, 3.05) is 20.3 Å². The summed E-state index contributed by atoms with van der Waals surface area (Å²) in [6, 6.07) is 5.61. The van der Waals surface area contributed by atoms with Gasteiger partial charge in [-0.25, -0.2) is 9.50 Å². The lowest BCUT2D eigenvalue weighted by Gasteiger charge is -2.17. The Morgan fingerprint density at radius 3 is 2.90 bits per heavy atom. The lowest BCUT2D eigenvalue weighted by Crippen LogP contribution is -2.25. The van der Waals surface area contributed by atoms with E-state index in [4.69, 9.17) is 23.4 Å². The fourth-order valence-corrected chi connectivity index (χ4v) is 4.12. The Kier molecular flexibility index (Phi) is 4.27. The quantitative estimate of drug-likeness (QED) is 0.486. The molecule has 29 heavy (non-hydrogen) atoms. The van der Waals surface area contributed by atoms with Crippen LogP contribution in [-0.2, 0) is 9.47 Å². The zero-order chi connectivity index (χ0) is 20.2. The van der Waals surface area contributed by atoms with Crippen LogP contribution in [0.5, 0.6) is 11.5 Å². The van der Waals surface area contributed by atoms with Gasteiger partial charge in [-0.2, -0.15) is 5.10 Å². The molecule has 0 aliphatic carbocycles. The van der Waals surface area contributed by atoms with E-state index in [2.05, 4.69) is 10.1 Å². The number of rotatable bonds is 5. The van der Waals surface area contributed by atoms with Gasteiger partial charge in [0.15, 0.2) is 11.5 Å². The first-order valence-electron chi connectivity index (χ1n) is 9.29. The summed E-state index contributed by atoms with van der Waals surface area (Å²) in [4.78, 5) is 5.44. The van der Waals surface area contributed by atoms with Gasteiger partial charge in [0.05, 0.1) is 25.3 Å². The van der Waals surface area contributed by atoms with Crippen molar-refractivity contribution in [3.63, 3.8) is 0 Å². The van der Waals surface area contributed by atoms with Crippen LogP contribution in [0.25, 0.3) is 27.4 Å². The second-order valence-corrected chi connectivity index (χ2v) is 8.54. The number of benzene rings is 1. The molecule has 8 nitrogen and oxygen atoms in total. The topological polar surface area (TPSA) is 80.2 Å². The van der Waals surface area contributed by atoms with E-state index < -0.39 is 5.79 Å². The Labute approximate surface area is 170 Å². The molecular formula is C20H21N3O5S. The summed E-state index contributed by atoms with van der Waals surface area (Å²) in [5, 5.41) is 6.21. The summed E-state index contributed by atoms with van der Waals surface area (Å²) >= 11 is 1.53. The maximum absolute atomic E-state index is 6.07. The third kappa shape index (κ3) is 3.45. The summed E-state index contributed by atoms with van der Waals surface area (Å²) in [7, 11) is 1.61. The smallest absolute Gasteiger partial charge is 0.212 e. The van der Waals surface area contributed by atoms with Gasteiger partial charge >= 0.3 is 0 Å². The molecular weight excluding hydrogens is 394 g/mol. The van der Waals surface area contributed by atoms with Crippen molar-refractivity contribution in [1.29, 1.82) is 0 Å². The molecule has 0 unspecified atom stereocenters. The summed E-state index contributed by atoms with van der Waals surface area (Å²) in [6.45, 7) is 6.61. The molecule has 1 saturated heterocycles. The second-order valence-electron chi connectivity index (χ2n) is 7.38. The predicted molar refractivity (Wildman–Crippen MR) is 108 cm³/mol. The molecule has 4 heterocycles. The highest BCUT2D eigenvalue weighted by molar-refractivity contribution is 7.16. The van der Waals surface area contributed by atoms with Gasteiger partial charge in [0.1, 0.15) is 40.5 Å². The van der Waals surface area contributed by atoms with Crippen molar-refractivity contribution in [3.8, 4) is 23.0 Å². The van der Waals surface area contributed by atoms with Crippen LogP contribution >= 0.6 is 11.3 Å². The lowest BCUT2D eigenvalue weighted by molar-refractivity contribution is -0.141. The fraction of sp³-hybridized carbons (Fsp3) is 0.400. The number of ether oxygens (including phenoxy) is 4. The molecule has 4 aromatic rings. The zero-order valence-corrected chi connectivity index (χ0v) is 17.4. The highest BCUT2D eigenvalue weighted by Crippen LogP contribution is 2.37. The first kappa shape index (κ1) is 18.4. The Morgan fingerprint density at radius 1 is 1.31 bits per heavy atom. The third-order valence-electron chi connectivity index (χ3n) is 4.70. The summed E-state index contributed by atoms with van der Waals surface area (Å²) < 4.78 is 30.7. The standard InChI is InChI=1S/C20H21N3O5S/c1-11-22-23-8-15(21-19(23)29-11)18-7-14-16(5-12(24-4)6-17(14)27-18)25-9-13-10-26-20(2,3)28-13/h5-8,13H,9-10H2,1-4H3/t13-/m1/s1. The van der Waals surface area contributed by atoms with Gasteiger partial charge in [-0.05, 0) is 26.8 Å². The van der Waals surface area contributed by atoms with Crippen molar-refractivity contribution in [3.05, 3.63) is 29.4 Å². The van der Waals surface area contributed by atoms with E-state index in [0.29, 0.717) is 36.1 Å². The van der Waals surface area contributed by atoms with E-state index in [1.54, 1.807) is 11.6 Å². The molecule has 9 heteroatoms. The van der Waals surface area contributed by atoms with Gasteiger partial charge in [-0.3, -0.25) is 0 Å². The number of imidazole rings is 1. The SMILES string of the molecule is COc1cc(OC[C@@H]2COC(C)(C)O2)c2cc(-c3cn4nc(C)sc4n3)oc2c1. The van der Waals surface area contributed by atoms with Crippen LogP contribution in [0.2, 0.25) is 0 Å². The molecule has 0 N–H and O–H groups in total. The normalized spacial score (nSPS) is 18.7. The van der Waals surface area contributed by atoms with E-state index in [9.17, 15) is 0 Å². The summed E-state index contributed by atoms with van der Waals surface area (Å²) in [6.07, 6.45) is 1.73. The summed E-state index contributed by atoms with van der Waals surface area (Å²) in [5.41, 5.74) is 1.39. The Balaban J connectivity index is 1.47. The van der Waals surface area contributed by atoms with Gasteiger partial charge in [-0.15, -0.1) is 0 Å². The average Bonchev–Trinajstić information content (AvgIpc) is 3.40. The maximum atomic E-state index is 6.07. The number of aryl methyl sites for hydroxylation is 1. The lowest BCUT2D eigenvalue weighted by atomic mass is 10.2. The number of aromatic nitrogens is 3. The van der Waals surface area contributed by atoms with E-state index in [0.717, 1.165) is 21.0 Å². The van der Waals surface area contributed by atoms with E-state index in [1.807, 2.05) is 45.2 Å². The molecule has 0 bridgehead atoms. The van der Waals surface area contributed by atoms with Gasteiger partial charge in [0, 0.05) is 12.1 Å². The minimum atomic E-state index is -0.582. The van der Waals surface area contributed by atoms with Gasteiger partial charge in [-0.1, -0.05) is 11.3 Å². The first-order valence-corrected chi connectivity index (χ1v) is 10.1. The van der Waals surface area contributed by atoms with Crippen molar-refractivity contribution < 1.29 is 23.4 Å². The third-order valence-corrected chi connectivity index (χ3v) is 5.54. The molecule has 1 atom stereocenters. The molecule has 1 aliphatic rings. The Morgan fingerprint density at radius 2 is 2.17 bits per heavy atom. The van der Waals surface area contributed by atoms with Gasteiger partial charge < -0.3 is 23.4 Å². The number of fused-ring (bicyclic) bond motifs is 2. The fourth-order valence-electron chi connectivity index (χ4n) is 3.39. The number of hydrogen-bond donors (Lipinski definition) is 0. The molecule has 0 amide bonds. The van der Waals surface area contributed by atoms with Crippen molar-refractivity contribution in [2.45, 2.75) is 32.7 Å². The zero-order valence-electron chi connectivity index (χ0n) is 16.6. The van der Waals surface area contributed by atoms with Crippen LogP contribution in [0.4, 0.5) is 0 Å². The van der Waals surface area contributed by atoms with Crippen LogP contribution < -0.4 is 9.47 Å². The van der Waals surface area contributed by atoms with E-state index >= 15 is 0 Å². The van der Waals surface area contributed by atoms with Crippen molar-refractivity contribution in [1.82, 2.24) is 14.6 Å². The number of nitrogens with zero attached hydrogens (tertiary/aromatic N) is 3. The van der Waals surface area contributed by atoms with Crippen LogP contribution in [0.15, 0.2) is 28.8 Å². The molecule has 0 spiro atoms. The molecule has 152 valence electrons. The molecule has 1 aliphatic heterocycles. The molecule has 0 radical (unpaired) electrons. The first-order chi connectivity index (χ1) is 13.9. The molecule has 3 aromatic heterocycles. The molecule has 5 rings (SSSR count). The highest BCUT2D eigenvalue weighted by Gasteiger charge is 2.33. The monoisotopic (exact) mass is 415 g/mol. The predicted octanol–water partition coefficient (Wildman–Crippen LogP) is 4.05. The Bertz CT molecular complexity index is 1160. The summed E-state index contributed by atoms with van der Waals surface area (Å²) in [5.74, 6) is 1.38. The molecule has 0 saturated carbocycles. The number of furan rings is 1. The minimum absolute atomic E-state index is 0.133. The largest absolute Gasteiger partial charge is 0.496 e. The van der Waals surface area contributed by atoms with Crippen molar-refractivity contribution >= 4 is 27.3 Å². The molecule has 1 aromatic carbocycles. The second kappa shape index (κ2) is 6.72. The Hall–Kier alpha value is -2.62. The van der Waals surface area contributed by atoms with Crippen LogP contribution in [0.3, 0.4) is 0 Å². The number of methoxy groups -OCH3 is 1. The van der Waals surface area contributed by atoms with E-state index in [1.165, 1.54) is 11.3 Å². The minimum Gasteiger partial charge on any atom is -0.496 e. The van der Waals surface area contributed by atoms with Gasteiger partial charge in [0.2, 0.25) is 4.96 Å². The van der Waals surface area contributed by atoms with Crippen LogP contribution in [-0.4, -0.2) is 46.8 Å². The van der Waals surface area contributed by atoms with Crippen molar-refractivity contribution in [2.24, 2.45) is 0 Å². The highest BCUT2D eigenvalue weighted by atomic mass is 32.1. The molecule has 1 fully saturated rings. The average molecular weight is 415 g/mol. The van der Waals surface area contributed by atoms with E-state index in [-0.39, 0.29) is 6.10 Å². The maximum Gasteiger partial charge on any atom is 0.212 e. The van der Waals surface area contributed by atoms with Crippen LogP contribution in [0, 0.1) is 6.92 Å². The van der Waals surface area contributed by atoms with Gasteiger partial charge in [0.25, 0.3) is 0 Å².